The summed E-state index contributed by atoms with van der Waals surface area (Å²) in [6, 6.07) is 14.1. The number of pyridine rings is 1. The van der Waals surface area contributed by atoms with Gasteiger partial charge in [0.1, 0.15) is 0 Å². The van der Waals surface area contributed by atoms with Gasteiger partial charge in [-0.1, -0.05) is 36.4 Å². The molecule has 7 nitrogen and oxygen atoms in total. The van der Waals surface area contributed by atoms with Gasteiger partial charge < -0.3 is 10.1 Å². The Hall–Kier alpha value is -4.52. The van der Waals surface area contributed by atoms with Crippen LogP contribution in [-0.2, 0) is 41.5 Å². The highest BCUT2D eigenvalue weighted by molar-refractivity contribution is 5.99. The fourth-order valence-electron chi connectivity index (χ4n) is 5.10. The van der Waals surface area contributed by atoms with E-state index in [1.165, 1.54) is 10.7 Å². The number of esters is 2. The molecule has 0 fully saturated rings. The number of nitrogens with one attached hydrogen (secondary N) is 1. The van der Waals surface area contributed by atoms with Crippen LogP contribution < -0.4 is 5.32 Å². The first-order chi connectivity index (χ1) is 20.9. The van der Waals surface area contributed by atoms with E-state index in [1.807, 2.05) is 12.1 Å². The van der Waals surface area contributed by atoms with Gasteiger partial charge in [0.05, 0.1) is 11.3 Å². The molecule has 0 bridgehead atoms. The van der Waals surface area contributed by atoms with Crippen molar-refractivity contribution in [2.45, 2.75) is 44.6 Å². The maximum Gasteiger partial charge on any atom is 0.491 e. The summed E-state index contributed by atoms with van der Waals surface area (Å²) < 4.78 is 82.9. The Bertz CT molecular complexity index is 1660. The number of halogens is 6. The molecule has 0 aliphatic heterocycles. The van der Waals surface area contributed by atoms with Crippen LogP contribution in [0.4, 0.5) is 26.3 Å². The standard InChI is InChI=1S/C31H26F6N4O3/c32-30(33,34)23-4-1-3-21(17-23)20-7-5-19(6-8-20)11-14-38-13-2-16-41-27(28(42)44-29(43)31(35,36)37)25-10-9-22-18-39-15-12-24(22)26(25)40-41/h1,3-8,12,15,17-18,38H,2,9-11,13-14,16H2. The largest absolute Gasteiger partial charge is 0.491 e. The molecule has 0 radical (unpaired) electrons. The molecule has 1 aliphatic carbocycles. The molecule has 230 valence electrons. The van der Waals surface area contributed by atoms with E-state index in [9.17, 15) is 35.9 Å². The number of aryl methyl sites for hydroxylation is 2. The first kappa shape index (κ1) is 30.9. The van der Waals surface area contributed by atoms with Crippen molar-refractivity contribution in [1.82, 2.24) is 20.1 Å². The predicted molar refractivity (Wildman–Crippen MR) is 147 cm³/mol. The molecule has 4 aromatic rings. The number of carbonyl (C=O) groups is 2. The molecule has 2 aromatic carbocycles. The van der Waals surface area contributed by atoms with Crippen molar-refractivity contribution in [3.8, 4) is 22.4 Å². The average molecular weight is 617 g/mol. The topological polar surface area (TPSA) is 86.1 Å². The SMILES string of the molecule is O=C(OC(=O)C(F)(F)F)c1c2c(nn1CCCNCCc1ccc(-c3cccc(C(F)(F)F)c3)cc1)-c1ccncc1CC2. The number of hydrogen-bond donors (Lipinski definition) is 1. The predicted octanol–water partition coefficient (Wildman–Crippen LogP) is 6.20. The minimum absolute atomic E-state index is 0.177. The Morgan fingerprint density at radius 3 is 2.43 bits per heavy atom. The van der Waals surface area contributed by atoms with Gasteiger partial charge in [-0.25, -0.2) is 9.59 Å². The molecule has 44 heavy (non-hydrogen) atoms. The number of benzene rings is 2. The first-order valence-corrected chi connectivity index (χ1v) is 13.8. The zero-order valence-electron chi connectivity index (χ0n) is 23.1. The van der Waals surface area contributed by atoms with Crippen LogP contribution >= 0.6 is 0 Å². The van der Waals surface area contributed by atoms with Crippen molar-refractivity contribution in [3.63, 3.8) is 0 Å². The van der Waals surface area contributed by atoms with Crippen molar-refractivity contribution >= 4 is 11.9 Å². The van der Waals surface area contributed by atoms with Gasteiger partial charge >= 0.3 is 24.3 Å². The number of rotatable bonds is 9. The van der Waals surface area contributed by atoms with Gasteiger partial charge in [0.25, 0.3) is 0 Å². The van der Waals surface area contributed by atoms with E-state index < -0.39 is 29.9 Å². The molecule has 0 unspecified atom stereocenters. The molecule has 2 heterocycles. The molecule has 0 amide bonds. The lowest BCUT2D eigenvalue weighted by Crippen LogP contribution is -2.29. The van der Waals surface area contributed by atoms with Crippen LogP contribution in [0.5, 0.6) is 0 Å². The third kappa shape index (κ3) is 6.99. The lowest BCUT2D eigenvalue weighted by molar-refractivity contribution is -0.193. The van der Waals surface area contributed by atoms with E-state index >= 15 is 0 Å². The maximum atomic E-state index is 13.0. The molecule has 13 heteroatoms. The minimum Gasteiger partial charge on any atom is -0.381 e. The summed E-state index contributed by atoms with van der Waals surface area (Å²) in [6.45, 7) is 1.24. The second kappa shape index (κ2) is 12.6. The first-order valence-electron chi connectivity index (χ1n) is 13.8. The summed E-state index contributed by atoms with van der Waals surface area (Å²) in [7, 11) is 0. The third-order valence-electron chi connectivity index (χ3n) is 7.25. The van der Waals surface area contributed by atoms with Gasteiger partial charge in [0.15, 0.2) is 5.69 Å². The molecule has 2 aromatic heterocycles. The molecular weight excluding hydrogens is 590 g/mol. The van der Waals surface area contributed by atoms with Gasteiger partial charge in [-0.3, -0.25) is 9.67 Å². The van der Waals surface area contributed by atoms with Crippen molar-refractivity contribution in [1.29, 1.82) is 0 Å². The smallest absolute Gasteiger partial charge is 0.381 e. The second-order valence-electron chi connectivity index (χ2n) is 10.2. The molecule has 0 atom stereocenters. The summed E-state index contributed by atoms with van der Waals surface area (Å²) in [5.41, 5.74) is 3.69. The monoisotopic (exact) mass is 616 g/mol. The number of alkyl halides is 6. The molecule has 0 saturated heterocycles. The van der Waals surface area contributed by atoms with Crippen molar-refractivity contribution in [2.75, 3.05) is 13.1 Å². The van der Waals surface area contributed by atoms with E-state index in [4.69, 9.17) is 0 Å². The molecule has 0 saturated carbocycles. The Morgan fingerprint density at radius 1 is 0.932 bits per heavy atom. The maximum absolute atomic E-state index is 13.0. The Balaban J connectivity index is 1.19. The van der Waals surface area contributed by atoms with Crippen LogP contribution in [-0.4, -0.2) is 46.0 Å². The van der Waals surface area contributed by atoms with Crippen molar-refractivity contribution < 1.29 is 40.7 Å². The lowest BCUT2D eigenvalue weighted by Gasteiger charge is -2.15. The highest BCUT2D eigenvalue weighted by Gasteiger charge is 2.43. The summed E-state index contributed by atoms with van der Waals surface area (Å²) in [4.78, 5) is 28.2. The van der Waals surface area contributed by atoms with Crippen LogP contribution in [0.3, 0.4) is 0 Å². The Kier molecular flexibility index (Phi) is 8.86. The van der Waals surface area contributed by atoms with Crippen LogP contribution in [0, 0.1) is 0 Å². The van der Waals surface area contributed by atoms with Gasteiger partial charge in [0, 0.05) is 30.1 Å². The van der Waals surface area contributed by atoms with E-state index in [0.29, 0.717) is 66.7 Å². The zero-order valence-corrected chi connectivity index (χ0v) is 23.1. The quantitative estimate of drug-likeness (QED) is 0.104. The highest BCUT2D eigenvalue weighted by Crippen LogP contribution is 2.35. The number of hydrogen-bond acceptors (Lipinski definition) is 6. The summed E-state index contributed by atoms with van der Waals surface area (Å²) >= 11 is 0. The number of aromatic nitrogens is 3. The second-order valence-corrected chi connectivity index (χ2v) is 10.2. The van der Waals surface area contributed by atoms with Gasteiger partial charge in [0.2, 0.25) is 0 Å². The van der Waals surface area contributed by atoms with E-state index in [-0.39, 0.29) is 12.2 Å². The summed E-state index contributed by atoms with van der Waals surface area (Å²) in [5, 5.41) is 7.76. The van der Waals surface area contributed by atoms with Crippen LogP contribution in [0.15, 0.2) is 67.0 Å². The van der Waals surface area contributed by atoms with E-state index in [0.717, 1.165) is 23.3 Å². The fourth-order valence-corrected chi connectivity index (χ4v) is 5.10. The molecule has 1 N–H and O–H groups in total. The molecule has 5 rings (SSSR count). The average Bonchev–Trinajstić information content (AvgIpc) is 3.37. The lowest BCUT2D eigenvalue weighted by atomic mass is 9.90. The fraction of sp³-hybridized carbons (Fsp3) is 0.290. The minimum atomic E-state index is -5.32. The summed E-state index contributed by atoms with van der Waals surface area (Å²) in [5.74, 6) is -3.99. The van der Waals surface area contributed by atoms with Crippen LogP contribution in [0.1, 0.15) is 39.2 Å². The highest BCUT2D eigenvalue weighted by atomic mass is 19.4. The third-order valence-corrected chi connectivity index (χ3v) is 7.25. The van der Waals surface area contributed by atoms with Gasteiger partial charge in [-0.2, -0.15) is 31.4 Å². The number of fused-ring (bicyclic) bond motifs is 3. The number of nitrogens with zero attached hydrogens (tertiary/aromatic N) is 3. The Morgan fingerprint density at radius 2 is 1.70 bits per heavy atom. The summed E-state index contributed by atoms with van der Waals surface area (Å²) in [6.07, 6.45) is -4.58. The number of ether oxygens (including phenoxy) is 1. The van der Waals surface area contributed by atoms with E-state index in [1.54, 1.807) is 36.7 Å². The Labute approximate surface area is 247 Å². The normalized spacial score (nSPS) is 12.9. The molecule has 1 aliphatic rings. The number of carbonyl (C=O) groups excluding carboxylic acids is 2. The van der Waals surface area contributed by atoms with Crippen LogP contribution in [0.25, 0.3) is 22.4 Å². The molecule has 0 spiro atoms. The van der Waals surface area contributed by atoms with Crippen molar-refractivity contribution in [3.05, 3.63) is 94.9 Å². The van der Waals surface area contributed by atoms with Gasteiger partial charge in [-0.05, 0) is 79.2 Å². The zero-order chi connectivity index (χ0) is 31.5. The van der Waals surface area contributed by atoms with Crippen molar-refractivity contribution in [2.24, 2.45) is 0 Å². The molecular formula is C31H26F6N4O3. The van der Waals surface area contributed by atoms with Gasteiger partial charge in [-0.15, -0.1) is 0 Å². The van der Waals surface area contributed by atoms with Crippen LogP contribution in [0.2, 0.25) is 0 Å². The van der Waals surface area contributed by atoms with E-state index in [2.05, 4.69) is 20.1 Å².